The lowest BCUT2D eigenvalue weighted by atomic mass is 10.2. The first-order valence-electron chi connectivity index (χ1n) is 7.69. The maximum absolute atomic E-state index is 11.6. The Hall–Kier alpha value is -1.97. The van der Waals surface area contributed by atoms with Crippen LogP contribution >= 0.6 is 0 Å². The molecule has 136 valence electrons. The number of aliphatic hydroxyl groups is 1. The summed E-state index contributed by atoms with van der Waals surface area (Å²) >= 11 is 0. The van der Waals surface area contributed by atoms with Gasteiger partial charge in [0.1, 0.15) is 11.8 Å². The Balaban J connectivity index is 2.02. The summed E-state index contributed by atoms with van der Waals surface area (Å²) in [5, 5.41) is 12.1. The third kappa shape index (κ3) is 8.04. The molecule has 9 heteroatoms. The number of rotatable bonds is 9. The standard InChI is InChI=1S/C15H25N3O6/c1-15(2,3)24-14(22)10-23-17-8-7-16-11(19)6-9-18-12(20)4-5-13(18)21/h4-5,12,17,20H,6-10H2,1-3H3,(H,16,19). The number of hydrogen-bond acceptors (Lipinski definition) is 7. The SMILES string of the molecule is CC(C)(C)OC(=O)CONCCNC(=O)CCN1C(=O)C=CC1O. The monoisotopic (exact) mass is 343 g/mol. The lowest BCUT2D eigenvalue weighted by Gasteiger charge is -2.20. The summed E-state index contributed by atoms with van der Waals surface area (Å²) < 4.78 is 5.05. The van der Waals surface area contributed by atoms with Crippen LogP contribution in [0.4, 0.5) is 0 Å². The van der Waals surface area contributed by atoms with Crippen molar-refractivity contribution >= 4 is 17.8 Å². The van der Waals surface area contributed by atoms with E-state index in [1.165, 1.54) is 17.1 Å². The number of carbonyl (C=O) groups is 3. The van der Waals surface area contributed by atoms with Crippen LogP contribution in [-0.2, 0) is 24.0 Å². The number of nitrogens with one attached hydrogen (secondary N) is 2. The Kier molecular flexibility index (Phi) is 7.83. The molecule has 0 spiro atoms. The van der Waals surface area contributed by atoms with Gasteiger partial charge in [-0.15, -0.1) is 0 Å². The van der Waals surface area contributed by atoms with Crippen molar-refractivity contribution in [1.29, 1.82) is 0 Å². The van der Waals surface area contributed by atoms with Crippen molar-refractivity contribution in [1.82, 2.24) is 15.7 Å². The molecule has 3 N–H and O–H groups in total. The second-order valence-corrected chi connectivity index (χ2v) is 6.17. The first kappa shape index (κ1) is 20.1. The highest BCUT2D eigenvalue weighted by Crippen LogP contribution is 2.08. The molecule has 9 nitrogen and oxygen atoms in total. The van der Waals surface area contributed by atoms with Gasteiger partial charge in [0.25, 0.3) is 0 Å². The second kappa shape index (κ2) is 9.36. The third-order valence-corrected chi connectivity index (χ3v) is 2.85. The predicted molar refractivity (Wildman–Crippen MR) is 84.3 cm³/mol. The molecule has 0 saturated heterocycles. The summed E-state index contributed by atoms with van der Waals surface area (Å²) in [5.41, 5.74) is 1.98. The largest absolute Gasteiger partial charge is 0.458 e. The summed E-state index contributed by atoms with van der Waals surface area (Å²) in [4.78, 5) is 40.4. The molecular weight excluding hydrogens is 318 g/mol. The van der Waals surface area contributed by atoms with Gasteiger partial charge < -0.3 is 20.1 Å². The zero-order chi connectivity index (χ0) is 18.2. The van der Waals surface area contributed by atoms with Gasteiger partial charge in [-0.25, -0.2) is 10.3 Å². The normalized spacial score (nSPS) is 17.2. The van der Waals surface area contributed by atoms with E-state index in [-0.39, 0.29) is 31.4 Å². The molecule has 1 atom stereocenters. The summed E-state index contributed by atoms with van der Waals surface area (Å²) in [6.07, 6.45) is 1.76. The van der Waals surface area contributed by atoms with E-state index < -0.39 is 17.8 Å². The summed E-state index contributed by atoms with van der Waals surface area (Å²) in [7, 11) is 0. The van der Waals surface area contributed by atoms with Gasteiger partial charge in [0.15, 0.2) is 6.61 Å². The minimum Gasteiger partial charge on any atom is -0.458 e. The molecule has 2 amide bonds. The minimum absolute atomic E-state index is 0.0866. The molecular formula is C15H25N3O6. The number of hydrogen-bond donors (Lipinski definition) is 3. The zero-order valence-corrected chi connectivity index (χ0v) is 14.2. The lowest BCUT2D eigenvalue weighted by Crippen LogP contribution is -2.38. The van der Waals surface area contributed by atoms with Crippen molar-refractivity contribution in [3.63, 3.8) is 0 Å². The zero-order valence-electron chi connectivity index (χ0n) is 14.2. The second-order valence-electron chi connectivity index (χ2n) is 6.17. The number of nitrogens with zero attached hydrogens (tertiary/aromatic N) is 1. The molecule has 1 rings (SSSR count). The quantitative estimate of drug-likeness (QED) is 0.281. The fourth-order valence-electron chi connectivity index (χ4n) is 1.86. The first-order chi connectivity index (χ1) is 11.2. The Morgan fingerprint density at radius 1 is 1.33 bits per heavy atom. The van der Waals surface area contributed by atoms with Gasteiger partial charge in [-0.3, -0.25) is 14.4 Å². The highest BCUT2D eigenvalue weighted by atomic mass is 16.7. The van der Waals surface area contributed by atoms with E-state index in [1.807, 2.05) is 0 Å². The molecule has 0 aromatic carbocycles. The Morgan fingerprint density at radius 2 is 2.04 bits per heavy atom. The predicted octanol–water partition coefficient (Wildman–Crippen LogP) is -0.928. The maximum atomic E-state index is 11.6. The summed E-state index contributed by atoms with van der Waals surface area (Å²) in [6, 6.07) is 0. The molecule has 0 aromatic rings. The number of hydroxylamine groups is 1. The van der Waals surface area contributed by atoms with Crippen LogP contribution in [0.25, 0.3) is 0 Å². The van der Waals surface area contributed by atoms with Crippen LogP contribution in [0.1, 0.15) is 27.2 Å². The molecule has 1 aliphatic heterocycles. The molecule has 0 aromatic heterocycles. The highest BCUT2D eigenvalue weighted by molar-refractivity contribution is 5.90. The summed E-state index contributed by atoms with van der Waals surface area (Å²) in [6.45, 7) is 5.80. The number of carbonyl (C=O) groups excluding carboxylic acids is 3. The molecule has 0 aliphatic carbocycles. The Bertz CT molecular complexity index is 486. The van der Waals surface area contributed by atoms with E-state index in [0.717, 1.165) is 0 Å². The van der Waals surface area contributed by atoms with Crippen LogP contribution in [0.2, 0.25) is 0 Å². The van der Waals surface area contributed by atoms with E-state index >= 15 is 0 Å². The topological polar surface area (TPSA) is 117 Å². The molecule has 1 unspecified atom stereocenters. The number of esters is 1. The molecule has 0 bridgehead atoms. The van der Waals surface area contributed by atoms with Crippen molar-refractivity contribution in [2.45, 2.75) is 39.0 Å². The van der Waals surface area contributed by atoms with E-state index in [4.69, 9.17) is 9.57 Å². The van der Waals surface area contributed by atoms with Crippen molar-refractivity contribution in [3.8, 4) is 0 Å². The summed E-state index contributed by atoms with van der Waals surface area (Å²) in [5.74, 6) is -1.05. The Labute approximate surface area is 140 Å². The highest BCUT2D eigenvalue weighted by Gasteiger charge is 2.23. The number of aliphatic hydroxyl groups excluding tert-OH is 1. The van der Waals surface area contributed by atoms with Gasteiger partial charge in [-0.1, -0.05) is 0 Å². The van der Waals surface area contributed by atoms with E-state index in [0.29, 0.717) is 13.1 Å². The molecule has 0 saturated carbocycles. The van der Waals surface area contributed by atoms with Crippen LogP contribution in [-0.4, -0.2) is 65.9 Å². The van der Waals surface area contributed by atoms with Crippen LogP contribution < -0.4 is 10.8 Å². The lowest BCUT2D eigenvalue weighted by molar-refractivity contribution is -0.163. The van der Waals surface area contributed by atoms with Gasteiger partial charge in [0.2, 0.25) is 11.8 Å². The third-order valence-electron chi connectivity index (χ3n) is 2.85. The van der Waals surface area contributed by atoms with Gasteiger partial charge in [-0.05, 0) is 26.8 Å². The van der Waals surface area contributed by atoms with Crippen molar-refractivity contribution < 1.29 is 29.1 Å². The van der Waals surface area contributed by atoms with Gasteiger partial charge >= 0.3 is 5.97 Å². The van der Waals surface area contributed by atoms with Crippen LogP contribution in [0, 0.1) is 0 Å². The molecule has 1 aliphatic rings. The van der Waals surface area contributed by atoms with Gasteiger partial charge in [-0.2, -0.15) is 0 Å². The average Bonchev–Trinajstić information content (AvgIpc) is 2.77. The van der Waals surface area contributed by atoms with Crippen molar-refractivity contribution in [2.75, 3.05) is 26.2 Å². The average molecular weight is 343 g/mol. The van der Waals surface area contributed by atoms with Crippen LogP contribution in [0.15, 0.2) is 12.2 Å². The molecule has 24 heavy (non-hydrogen) atoms. The van der Waals surface area contributed by atoms with Crippen LogP contribution in [0.3, 0.4) is 0 Å². The fourth-order valence-corrected chi connectivity index (χ4v) is 1.86. The van der Waals surface area contributed by atoms with Crippen molar-refractivity contribution in [3.05, 3.63) is 12.2 Å². The minimum atomic E-state index is -0.965. The van der Waals surface area contributed by atoms with Gasteiger partial charge in [0.05, 0.1) is 0 Å². The van der Waals surface area contributed by atoms with Crippen molar-refractivity contribution in [2.24, 2.45) is 0 Å². The van der Waals surface area contributed by atoms with E-state index in [1.54, 1.807) is 20.8 Å². The van der Waals surface area contributed by atoms with Crippen LogP contribution in [0.5, 0.6) is 0 Å². The number of amides is 2. The smallest absolute Gasteiger partial charge is 0.334 e. The van der Waals surface area contributed by atoms with Gasteiger partial charge in [0, 0.05) is 32.1 Å². The fraction of sp³-hybridized carbons (Fsp3) is 0.667. The number of ether oxygens (including phenoxy) is 1. The Morgan fingerprint density at radius 3 is 2.62 bits per heavy atom. The first-order valence-corrected chi connectivity index (χ1v) is 7.69. The molecule has 1 heterocycles. The van der Waals surface area contributed by atoms with E-state index in [9.17, 15) is 19.5 Å². The maximum Gasteiger partial charge on any atom is 0.334 e. The molecule has 0 fully saturated rings. The van der Waals surface area contributed by atoms with E-state index in [2.05, 4.69) is 10.8 Å². The molecule has 0 radical (unpaired) electrons.